The SMILES string of the molecule is Cc1ccccc1-n1c(=O)oc2ccc[n+](C)c21. The highest BCUT2D eigenvalue weighted by Crippen LogP contribution is 2.16. The lowest BCUT2D eigenvalue weighted by Crippen LogP contribution is -2.31. The third-order valence-electron chi connectivity index (χ3n) is 3.06. The highest BCUT2D eigenvalue weighted by molar-refractivity contribution is 5.67. The van der Waals surface area contributed by atoms with Crippen molar-refractivity contribution in [3.63, 3.8) is 0 Å². The van der Waals surface area contributed by atoms with Crippen molar-refractivity contribution in [1.29, 1.82) is 0 Å². The highest BCUT2D eigenvalue weighted by Gasteiger charge is 2.22. The van der Waals surface area contributed by atoms with Crippen molar-refractivity contribution in [3.05, 3.63) is 58.7 Å². The van der Waals surface area contributed by atoms with Gasteiger partial charge in [0.25, 0.3) is 0 Å². The molecule has 0 N–H and O–H groups in total. The van der Waals surface area contributed by atoms with E-state index in [0.29, 0.717) is 5.58 Å². The largest absolute Gasteiger partial charge is 0.518 e. The zero-order valence-corrected chi connectivity index (χ0v) is 10.3. The molecule has 0 saturated heterocycles. The molecule has 4 nitrogen and oxygen atoms in total. The Morgan fingerprint density at radius 1 is 1.17 bits per heavy atom. The first-order valence-electron chi connectivity index (χ1n) is 5.74. The first-order valence-corrected chi connectivity index (χ1v) is 5.74. The van der Waals surface area contributed by atoms with E-state index in [2.05, 4.69) is 0 Å². The summed E-state index contributed by atoms with van der Waals surface area (Å²) < 4.78 is 8.76. The molecule has 3 rings (SSSR count). The zero-order chi connectivity index (χ0) is 12.7. The van der Waals surface area contributed by atoms with E-state index >= 15 is 0 Å². The monoisotopic (exact) mass is 241 g/mol. The molecule has 0 unspecified atom stereocenters. The number of para-hydroxylation sites is 1. The molecule has 0 radical (unpaired) electrons. The van der Waals surface area contributed by atoms with Gasteiger partial charge >= 0.3 is 11.4 Å². The van der Waals surface area contributed by atoms with Crippen molar-refractivity contribution in [2.24, 2.45) is 7.05 Å². The Morgan fingerprint density at radius 3 is 2.72 bits per heavy atom. The molecule has 2 heterocycles. The van der Waals surface area contributed by atoms with Gasteiger partial charge in [0.2, 0.25) is 5.58 Å². The fourth-order valence-corrected chi connectivity index (χ4v) is 2.18. The van der Waals surface area contributed by atoms with E-state index in [1.807, 2.05) is 55.1 Å². The number of rotatable bonds is 1. The van der Waals surface area contributed by atoms with Crippen molar-refractivity contribution >= 4 is 11.2 Å². The normalized spacial score (nSPS) is 11.0. The summed E-state index contributed by atoms with van der Waals surface area (Å²) in [5.41, 5.74) is 3.24. The number of benzene rings is 1. The third kappa shape index (κ3) is 1.46. The van der Waals surface area contributed by atoms with Gasteiger partial charge in [-0.3, -0.25) is 0 Å². The number of pyridine rings is 1. The molecule has 3 aromatic rings. The molecular weight excluding hydrogens is 228 g/mol. The van der Waals surface area contributed by atoms with Crippen LogP contribution in [0.15, 0.2) is 51.8 Å². The van der Waals surface area contributed by atoms with Gasteiger partial charge in [0.05, 0.1) is 13.2 Å². The molecule has 0 aliphatic carbocycles. The lowest BCUT2D eigenvalue weighted by atomic mass is 10.2. The second kappa shape index (κ2) is 3.84. The maximum absolute atomic E-state index is 12.0. The summed E-state index contributed by atoms with van der Waals surface area (Å²) in [6.45, 7) is 1.98. The number of hydrogen-bond donors (Lipinski definition) is 0. The van der Waals surface area contributed by atoms with Gasteiger partial charge in [0, 0.05) is 0 Å². The summed E-state index contributed by atoms with van der Waals surface area (Å²) >= 11 is 0. The van der Waals surface area contributed by atoms with Gasteiger partial charge in [-0.2, -0.15) is 4.79 Å². The van der Waals surface area contributed by atoms with Gasteiger partial charge in [-0.1, -0.05) is 18.2 Å². The van der Waals surface area contributed by atoms with Gasteiger partial charge in [-0.25, -0.2) is 4.57 Å². The van der Waals surface area contributed by atoms with Crippen LogP contribution in [0, 0.1) is 6.92 Å². The topological polar surface area (TPSA) is 39.0 Å². The molecule has 0 bridgehead atoms. The van der Waals surface area contributed by atoms with E-state index in [4.69, 9.17) is 4.42 Å². The molecule has 0 amide bonds. The van der Waals surface area contributed by atoms with Gasteiger partial charge in [-0.05, 0) is 30.7 Å². The Labute approximate surface area is 104 Å². The minimum Gasteiger partial charge on any atom is -0.383 e. The minimum atomic E-state index is -0.360. The number of fused-ring (bicyclic) bond motifs is 1. The zero-order valence-electron chi connectivity index (χ0n) is 10.3. The fraction of sp³-hybridized carbons (Fsp3) is 0.143. The van der Waals surface area contributed by atoms with Crippen LogP contribution in [0.2, 0.25) is 0 Å². The van der Waals surface area contributed by atoms with Gasteiger partial charge < -0.3 is 4.42 Å². The molecule has 0 aliphatic heterocycles. The Morgan fingerprint density at radius 2 is 1.94 bits per heavy atom. The number of aryl methyl sites for hydroxylation is 2. The summed E-state index contributed by atoms with van der Waals surface area (Å²) in [6.07, 6.45) is 1.89. The smallest absolute Gasteiger partial charge is 0.383 e. The van der Waals surface area contributed by atoms with E-state index in [0.717, 1.165) is 16.9 Å². The van der Waals surface area contributed by atoms with Gasteiger partial charge in [-0.15, -0.1) is 4.57 Å². The average molecular weight is 241 g/mol. The summed E-state index contributed by atoms with van der Waals surface area (Å²) in [5, 5.41) is 0. The third-order valence-corrected chi connectivity index (χ3v) is 3.06. The molecule has 4 heteroatoms. The summed E-state index contributed by atoms with van der Waals surface area (Å²) in [6, 6.07) is 11.4. The van der Waals surface area contributed by atoms with Crippen LogP contribution < -0.4 is 10.3 Å². The molecule has 0 saturated carbocycles. The molecule has 1 aromatic carbocycles. The van der Waals surface area contributed by atoms with Crippen molar-refractivity contribution < 1.29 is 8.98 Å². The fourth-order valence-electron chi connectivity index (χ4n) is 2.18. The standard InChI is InChI=1S/C14H13N2O2/c1-10-6-3-4-7-11(10)16-13-12(18-14(16)17)8-5-9-15(13)2/h3-9H,1-2H3/q+1. The summed E-state index contributed by atoms with van der Waals surface area (Å²) in [5.74, 6) is -0.360. The summed E-state index contributed by atoms with van der Waals surface area (Å²) in [4.78, 5) is 12.0. The van der Waals surface area contributed by atoms with Crippen LogP contribution in [0.5, 0.6) is 0 Å². The molecule has 0 fully saturated rings. The second-order valence-electron chi connectivity index (χ2n) is 4.30. The van der Waals surface area contributed by atoms with E-state index in [9.17, 15) is 4.79 Å². The number of nitrogens with zero attached hydrogens (tertiary/aromatic N) is 2. The lowest BCUT2D eigenvalue weighted by molar-refractivity contribution is -0.647. The van der Waals surface area contributed by atoms with Gasteiger partial charge in [0.15, 0.2) is 0 Å². The predicted octanol–water partition coefficient (Wildman–Crippen LogP) is 1.72. The number of hydrogen-bond acceptors (Lipinski definition) is 2. The second-order valence-corrected chi connectivity index (χ2v) is 4.30. The Bertz CT molecular complexity index is 784. The molecule has 0 aliphatic rings. The van der Waals surface area contributed by atoms with Crippen LogP contribution >= 0.6 is 0 Å². The quantitative estimate of drug-likeness (QED) is 0.608. The minimum absolute atomic E-state index is 0.360. The van der Waals surface area contributed by atoms with Crippen LogP contribution in [0.3, 0.4) is 0 Å². The number of oxazole rings is 1. The van der Waals surface area contributed by atoms with E-state index < -0.39 is 0 Å². The average Bonchev–Trinajstić information content (AvgIpc) is 2.68. The van der Waals surface area contributed by atoms with Crippen molar-refractivity contribution in [2.45, 2.75) is 6.92 Å². The number of aromatic nitrogens is 2. The first kappa shape index (κ1) is 10.8. The Kier molecular flexibility index (Phi) is 2.30. The van der Waals surface area contributed by atoms with Crippen LogP contribution in [0.1, 0.15) is 5.56 Å². The maximum Gasteiger partial charge on any atom is 0.518 e. The Hall–Kier alpha value is -2.36. The van der Waals surface area contributed by atoms with E-state index in [-0.39, 0.29) is 5.76 Å². The van der Waals surface area contributed by atoms with Crippen LogP contribution in [0.25, 0.3) is 16.9 Å². The maximum atomic E-state index is 12.0. The van der Waals surface area contributed by atoms with E-state index in [1.54, 1.807) is 10.6 Å². The van der Waals surface area contributed by atoms with Crippen molar-refractivity contribution in [1.82, 2.24) is 4.57 Å². The lowest BCUT2D eigenvalue weighted by Gasteiger charge is -2.00. The molecular formula is C14H13N2O2+. The summed E-state index contributed by atoms with van der Waals surface area (Å²) in [7, 11) is 1.89. The van der Waals surface area contributed by atoms with Crippen molar-refractivity contribution in [2.75, 3.05) is 0 Å². The van der Waals surface area contributed by atoms with Crippen LogP contribution in [0.4, 0.5) is 0 Å². The van der Waals surface area contributed by atoms with Crippen molar-refractivity contribution in [3.8, 4) is 5.69 Å². The molecule has 0 spiro atoms. The first-order chi connectivity index (χ1) is 8.68. The highest BCUT2D eigenvalue weighted by atomic mass is 16.4. The van der Waals surface area contributed by atoms with Crippen LogP contribution in [-0.2, 0) is 7.05 Å². The van der Waals surface area contributed by atoms with Crippen LogP contribution in [-0.4, -0.2) is 4.57 Å². The predicted molar refractivity (Wildman–Crippen MR) is 67.7 cm³/mol. The van der Waals surface area contributed by atoms with E-state index in [1.165, 1.54) is 0 Å². The molecule has 90 valence electrons. The van der Waals surface area contributed by atoms with Gasteiger partial charge in [0.1, 0.15) is 5.69 Å². The Balaban J connectivity index is 2.47. The molecule has 0 atom stereocenters. The molecule has 18 heavy (non-hydrogen) atoms. The molecule has 2 aromatic heterocycles.